The SMILES string of the molecule is CCCC(CCN)CNC(=O)Nc1cccc(OC)c1. The highest BCUT2D eigenvalue weighted by Crippen LogP contribution is 2.16. The van der Waals surface area contributed by atoms with E-state index in [0.717, 1.165) is 25.0 Å². The standard InChI is InChI=1S/C15H25N3O2/c1-3-5-12(8-9-16)11-17-15(19)18-13-6-4-7-14(10-13)20-2/h4,6-7,10,12H,3,5,8-9,11,16H2,1-2H3,(H2,17,18,19). The van der Waals surface area contributed by atoms with Crippen LogP contribution >= 0.6 is 0 Å². The van der Waals surface area contributed by atoms with Crippen molar-refractivity contribution in [2.45, 2.75) is 26.2 Å². The van der Waals surface area contributed by atoms with Gasteiger partial charge in [0.15, 0.2) is 0 Å². The summed E-state index contributed by atoms with van der Waals surface area (Å²) in [5, 5.41) is 5.69. The lowest BCUT2D eigenvalue weighted by atomic mass is 10.00. The largest absolute Gasteiger partial charge is 0.497 e. The van der Waals surface area contributed by atoms with E-state index in [2.05, 4.69) is 17.6 Å². The Bertz CT molecular complexity index is 404. The van der Waals surface area contributed by atoms with E-state index in [4.69, 9.17) is 10.5 Å². The molecule has 0 bridgehead atoms. The Morgan fingerprint density at radius 3 is 2.85 bits per heavy atom. The molecule has 1 aromatic rings. The van der Waals surface area contributed by atoms with Crippen LogP contribution in [-0.4, -0.2) is 26.2 Å². The van der Waals surface area contributed by atoms with Gasteiger partial charge in [-0.05, 0) is 37.4 Å². The third-order valence-electron chi connectivity index (χ3n) is 3.15. The molecule has 0 fully saturated rings. The zero-order valence-corrected chi connectivity index (χ0v) is 12.3. The van der Waals surface area contributed by atoms with Gasteiger partial charge in [0.25, 0.3) is 0 Å². The van der Waals surface area contributed by atoms with Gasteiger partial charge in [0.1, 0.15) is 5.75 Å². The Labute approximate surface area is 120 Å². The average Bonchev–Trinajstić information content (AvgIpc) is 2.45. The van der Waals surface area contributed by atoms with E-state index >= 15 is 0 Å². The number of hydrogen-bond donors (Lipinski definition) is 3. The molecule has 0 spiro atoms. The molecule has 1 aromatic carbocycles. The number of urea groups is 1. The van der Waals surface area contributed by atoms with Gasteiger partial charge in [0, 0.05) is 18.3 Å². The fourth-order valence-electron chi connectivity index (χ4n) is 2.11. The number of anilines is 1. The second kappa shape index (κ2) is 9.20. The fraction of sp³-hybridized carbons (Fsp3) is 0.533. The minimum atomic E-state index is -0.198. The number of hydrogen-bond acceptors (Lipinski definition) is 3. The predicted molar refractivity (Wildman–Crippen MR) is 82.1 cm³/mol. The molecule has 0 aliphatic heterocycles. The van der Waals surface area contributed by atoms with Crippen molar-refractivity contribution in [2.75, 3.05) is 25.5 Å². The van der Waals surface area contributed by atoms with Crippen LogP contribution < -0.4 is 21.1 Å². The minimum absolute atomic E-state index is 0.198. The first kappa shape index (κ1) is 16.3. The van der Waals surface area contributed by atoms with E-state index in [-0.39, 0.29) is 6.03 Å². The van der Waals surface area contributed by atoms with Crippen LogP contribution in [0, 0.1) is 5.92 Å². The molecule has 0 saturated carbocycles. The number of rotatable bonds is 8. The molecule has 0 aliphatic carbocycles. The number of nitrogens with one attached hydrogen (secondary N) is 2. The Kier molecular flexibility index (Phi) is 7.50. The molecule has 0 saturated heterocycles. The minimum Gasteiger partial charge on any atom is -0.497 e. The van der Waals surface area contributed by atoms with Crippen molar-refractivity contribution in [3.8, 4) is 5.75 Å². The highest BCUT2D eigenvalue weighted by molar-refractivity contribution is 5.89. The first-order valence-corrected chi connectivity index (χ1v) is 7.08. The van der Waals surface area contributed by atoms with Crippen LogP contribution in [0.3, 0.4) is 0 Å². The molecule has 1 unspecified atom stereocenters. The Hall–Kier alpha value is -1.75. The van der Waals surface area contributed by atoms with E-state index in [1.54, 1.807) is 13.2 Å². The maximum absolute atomic E-state index is 11.8. The number of carbonyl (C=O) groups is 1. The summed E-state index contributed by atoms with van der Waals surface area (Å²) in [7, 11) is 1.60. The zero-order valence-electron chi connectivity index (χ0n) is 12.3. The molecule has 0 aliphatic rings. The summed E-state index contributed by atoms with van der Waals surface area (Å²) in [5.41, 5.74) is 6.29. The summed E-state index contributed by atoms with van der Waals surface area (Å²) in [6.45, 7) is 3.45. The van der Waals surface area contributed by atoms with E-state index < -0.39 is 0 Å². The van der Waals surface area contributed by atoms with Gasteiger partial charge < -0.3 is 21.1 Å². The van der Waals surface area contributed by atoms with Gasteiger partial charge in [-0.2, -0.15) is 0 Å². The maximum atomic E-state index is 11.8. The number of carbonyl (C=O) groups excluding carboxylic acids is 1. The molecule has 0 heterocycles. The first-order chi connectivity index (χ1) is 9.69. The van der Waals surface area contributed by atoms with E-state index in [0.29, 0.717) is 24.7 Å². The van der Waals surface area contributed by atoms with Gasteiger partial charge in [0.05, 0.1) is 7.11 Å². The van der Waals surface area contributed by atoms with Crippen LogP contribution in [0.25, 0.3) is 0 Å². The van der Waals surface area contributed by atoms with Crippen molar-refractivity contribution in [2.24, 2.45) is 11.7 Å². The molecule has 5 nitrogen and oxygen atoms in total. The van der Waals surface area contributed by atoms with Gasteiger partial charge in [-0.3, -0.25) is 0 Å². The third-order valence-corrected chi connectivity index (χ3v) is 3.15. The van der Waals surface area contributed by atoms with Crippen molar-refractivity contribution in [1.29, 1.82) is 0 Å². The first-order valence-electron chi connectivity index (χ1n) is 7.08. The molecule has 4 N–H and O–H groups in total. The molecular formula is C15H25N3O2. The molecule has 0 aromatic heterocycles. The number of amides is 2. The van der Waals surface area contributed by atoms with E-state index in [1.807, 2.05) is 18.2 Å². The van der Waals surface area contributed by atoms with Crippen LogP contribution in [0.5, 0.6) is 5.75 Å². The van der Waals surface area contributed by atoms with Crippen LogP contribution in [-0.2, 0) is 0 Å². The number of benzene rings is 1. The fourth-order valence-corrected chi connectivity index (χ4v) is 2.11. The molecular weight excluding hydrogens is 254 g/mol. The number of methoxy groups -OCH3 is 1. The third kappa shape index (κ3) is 5.93. The van der Waals surface area contributed by atoms with Crippen molar-refractivity contribution in [3.05, 3.63) is 24.3 Å². The lowest BCUT2D eigenvalue weighted by Gasteiger charge is -2.16. The highest BCUT2D eigenvalue weighted by Gasteiger charge is 2.09. The van der Waals surface area contributed by atoms with Gasteiger partial charge in [-0.15, -0.1) is 0 Å². The maximum Gasteiger partial charge on any atom is 0.319 e. The molecule has 20 heavy (non-hydrogen) atoms. The van der Waals surface area contributed by atoms with Gasteiger partial charge >= 0.3 is 6.03 Å². The van der Waals surface area contributed by atoms with E-state index in [9.17, 15) is 4.79 Å². The van der Waals surface area contributed by atoms with Crippen molar-refractivity contribution >= 4 is 11.7 Å². The topological polar surface area (TPSA) is 76.4 Å². The smallest absolute Gasteiger partial charge is 0.319 e. The summed E-state index contributed by atoms with van der Waals surface area (Å²) in [6.07, 6.45) is 3.12. The Morgan fingerprint density at radius 2 is 2.20 bits per heavy atom. The summed E-state index contributed by atoms with van der Waals surface area (Å²) in [5.74, 6) is 1.16. The van der Waals surface area contributed by atoms with Gasteiger partial charge in [0.2, 0.25) is 0 Å². The second-order valence-corrected chi connectivity index (χ2v) is 4.80. The normalized spacial score (nSPS) is 11.8. The number of nitrogens with two attached hydrogens (primary N) is 1. The molecule has 0 radical (unpaired) electrons. The molecule has 5 heteroatoms. The van der Waals surface area contributed by atoms with Crippen molar-refractivity contribution in [1.82, 2.24) is 5.32 Å². The van der Waals surface area contributed by atoms with Gasteiger partial charge in [-0.1, -0.05) is 19.4 Å². The lowest BCUT2D eigenvalue weighted by Crippen LogP contribution is -2.33. The second-order valence-electron chi connectivity index (χ2n) is 4.80. The summed E-state index contributed by atoms with van der Waals surface area (Å²) in [6, 6.07) is 7.08. The number of ether oxygens (including phenoxy) is 1. The molecule has 1 atom stereocenters. The van der Waals surface area contributed by atoms with Crippen LogP contribution in [0.4, 0.5) is 10.5 Å². The van der Waals surface area contributed by atoms with Crippen LogP contribution in [0.2, 0.25) is 0 Å². The Balaban J connectivity index is 2.42. The van der Waals surface area contributed by atoms with Crippen molar-refractivity contribution < 1.29 is 9.53 Å². The monoisotopic (exact) mass is 279 g/mol. The molecule has 112 valence electrons. The van der Waals surface area contributed by atoms with E-state index in [1.165, 1.54) is 0 Å². The van der Waals surface area contributed by atoms with Crippen LogP contribution in [0.1, 0.15) is 26.2 Å². The lowest BCUT2D eigenvalue weighted by molar-refractivity contribution is 0.249. The predicted octanol–water partition coefficient (Wildman–Crippen LogP) is 2.58. The highest BCUT2D eigenvalue weighted by atomic mass is 16.5. The summed E-state index contributed by atoms with van der Waals surface area (Å²) >= 11 is 0. The summed E-state index contributed by atoms with van der Waals surface area (Å²) < 4.78 is 5.11. The van der Waals surface area contributed by atoms with Crippen molar-refractivity contribution in [3.63, 3.8) is 0 Å². The zero-order chi connectivity index (χ0) is 14.8. The molecule has 2 amide bonds. The van der Waals surface area contributed by atoms with Crippen LogP contribution in [0.15, 0.2) is 24.3 Å². The average molecular weight is 279 g/mol. The quantitative estimate of drug-likeness (QED) is 0.684. The molecule has 1 rings (SSSR count). The van der Waals surface area contributed by atoms with Gasteiger partial charge in [-0.25, -0.2) is 4.79 Å². The summed E-state index contributed by atoms with van der Waals surface area (Å²) in [4.78, 5) is 11.8. The Morgan fingerprint density at radius 1 is 1.40 bits per heavy atom.